The lowest BCUT2D eigenvalue weighted by atomic mass is 10.2. The number of halogens is 1. The quantitative estimate of drug-likeness (QED) is 0.785. The van der Waals surface area contributed by atoms with E-state index in [0.717, 1.165) is 24.2 Å². The summed E-state index contributed by atoms with van der Waals surface area (Å²) >= 11 is 0. The minimum absolute atomic E-state index is 0.259. The van der Waals surface area contributed by atoms with Gasteiger partial charge in [0.05, 0.1) is 11.4 Å². The van der Waals surface area contributed by atoms with Crippen molar-refractivity contribution in [2.75, 3.05) is 5.32 Å². The first kappa shape index (κ1) is 14.6. The number of nitrogens with one attached hydrogen (secondary N) is 1. The molecule has 120 valence electrons. The van der Waals surface area contributed by atoms with Gasteiger partial charge in [-0.15, -0.1) is 0 Å². The zero-order chi connectivity index (χ0) is 16.5. The van der Waals surface area contributed by atoms with Gasteiger partial charge in [-0.2, -0.15) is 5.10 Å². The smallest absolute Gasteiger partial charge is 0.274 e. The highest BCUT2D eigenvalue weighted by atomic mass is 19.1. The van der Waals surface area contributed by atoms with E-state index in [9.17, 15) is 9.18 Å². The molecule has 2 aromatic carbocycles. The molecule has 3 aromatic rings. The molecule has 4 nitrogen and oxygen atoms in total. The summed E-state index contributed by atoms with van der Waals surface area (Å²) in [5.74, 6) is -0.143. The first-order chi connectivity index (χ1) is 11.7. The average Bonchev–Trinajstić information content (AvgIpc) is 3.36. The number of carbonyl (C=O) groups is 1. The fraction of sp³-hybridized carbons (Fsp3) is 0.158. The van der Waals surface area contributed by atoms with Gasteiger partial charge in [0.1, 0.15) is 11.5 Å². The number of amides is 1. The molecule has 1 heterocycles. The van der Waals surface area contributed by atoms with Gasteiger partial charge in [-0.25, -0.2) is 9.07 Å². The van der Waals surface area contributed by atoms with Gasteiger partial charge in [-0.3, -0.25) is 4.79 Å². The van der Waals surface area contributed by atoms with Crippen LogP contribution in [0, 0.1) is 5.82 Å². The number of hydrogen-bond acceptors (Lipinski definition) is 2. The Kier molecular flexibility index (Phi) is 3.61. The Labute approximate surface area is 138 Å². The third kappa shape index (κ3) is 2.93. The molecule has 1 N–H and O–H groups in total. The summed E-state index contributed by atoms with van der Waals surface area (Å²) < 4.78 is 14.7. The van der Waals surface area contributed by atoms with Crippen LogP contribution in [0.2, 0.25) is 0 Å². The Morgan fingerprint density at radius 2 is 1.79 bits per heavy atom. The van der Waals surface area contributed by atoms with E-state index in [0.29, 0.717) is 17.3 Å². The van der Waals surface area contributed by atoms with E-state index in [1.54, 1.807) is 4.68 Å². The molecule has 1 saturated carbocycles. The number of anilines is 1. The van der Waals surface area contributed by atoms with Gasteiger partial charge in [0, 0.05) is 11.6 Å². The van der Waals surface area contributed by atoms with E-state index in [1.807, 2.05) is 36.4 Å². The Morgan fingerprint density at radius 3 is 2.46 bits per heavy atom. The highest BCUT2D eigenvalue weighted by Gasteiger charge is 2.29. The normalized spacial score (nSPS) is 13.7. The highest BCUT2D eigenvalue weighted by Crippen LogP contribution is 2.39. The summed E-state index contributed by atoms with van der Waals surface area (Å²) in [6.45, 7) is 0. The van der Waals surface area contributed by atoms with Crippen molar-refractivity contribution in [3.8, 4) is 5.69 Å². The van der Waals surface area contributed by atoms with Crippen LogP contribution in [0.1, 0.15) is 34.9 Å². The minimum Gasteiger partial charge on any atom is -0.321 e. The second-order valence-electron chi connectivity index (χ2n) is 5.94. The van der Waals surface area contributed by atoms with E-state index in [4.69, 9.17) is 0 Å². The second-order valence-corrected chi connectivity index (χ2v) is 5.94. The van der Waals surface area contributed by atoms with Gasteiger partial charge < -0.3 is 5.32 Å². The summed E-state index contributed by atoms with van der Waals surface area (Å²) in [6.07, 6.45) is 2.23. The molecule has 1 fully saturated rings. The van der Waals surface area contributed by atoms with Crippen molar-refractivity contribution < 1.29 is 9.18 Å². The van der Waals surface area contributed by atoms with Gasteiger partial charge in [0.2, 0.25) is 0 Å². The molecule has 0 aliphatic heterocycles. The lowest BCUT2D eigenvalue weighted by Crippen LogP contribution is -2.16. The summed E-state index contributed by atoms with van der Waals surface area (Å²) in [5, 5.41) is 7.42. The molecular weight excluding hydrogens is 305 g/mol. The highest BCUT2D eigenvalue weighted by molar-refractivity contribution is 6.03. The number of carbonyl (C=O) groups excluding carboxylic acids is 1. The molecule has 0 bridgehead atoms. The zero-order valence-electron chi connectivity index (χ0n) is 12.9. The summed E-state index contributed by atoms with van der Waals surface area (Å²) in [6, 6.07) is 17.1. The minimum atomic E-state index is -0.335. The van der Waals surface area contributed by atoms with Gasteiger partial charge in [-0.1, -0.05) is 18.2 Å². The third-order valence-corrected chi connectivity index (χ3v) is 4.06. The van der Waals surface area contributed by atoms with Crippen LogP contribution in [0.3, 0.4) is 0 Å². The lowest BCUT2D eigenvalue weighted by molar-refractivity contribution is 0.101. The first-order valence-electron chi connectivity index (χ1n) is 7.93. The Bertz CT molecular complexity index is 867. The van der Waals surface area contributed by atoms with Gasteiger partial charge in [0.15, 0.2) is 0 Å². The number of benzene rings is 2. The molecule has 0 atom stereocenters. The van der Waals surface area contributed by atoms with Crippen LogP contribution >= 0.6 is 0 Å². The van der Waals surface area contributed by atoms with Crippen LogP contribution in [0.4, 0.5) is 10.1 Å². The summed E-state index contributed by atoms with van der Waals surface area (Å²) in [5.41, 5.74) is 2.82. The van der Waals surface area contributed by atoms with Gasteiger partial charge in [-0.05, 0) is 55.3 Å². The molecule has 1 amide bonds. The van der Waals surface area contributed by atoms with Crippen molar-refractivity contribution in [2.45, 2.75) is 18.8 Å². The lowest BCUT2D eigenvalue weighted by Gasteiger charge is -2.08. The fourth-order valence-corrected chi connectivity index (χ4v) is 2.63. The molecule has 4 rings (SSSR count). The molecular formula is C19H16FN3O. The topological polar surface area (TPSA) is 46.9 Å². The molecule has 1 aromatic heterocycles. The maximum absolute atomic E-state index is 13.0. The fourth-order valence-electron chi connectivity index (χ4n) is 2.63. The number of para-hydroxylation sites is 1. The first-order valence-corrected chi connectivity index (χ1v) is 7.93. The van der Waals surface area contributed by atoms with Crippen molar-refractivity contribution in [3.05, 3.63) is 77.9 Å². The van der Waals surface area contributed by atoms with E-state index in [1.165, 1.54) is 24.3 Å². The molecule has 5 heteroatoms. The van der Waals surface area contributed by atoms with Crippen LogP contribution in [0.25, 0.3) is 5.69 Å². The molecule has 1 aliphatic carbocycles. The van der Waals surface area contributed by atoms with E-state index in [-0.39, 0.29) is 11.7 Å². The van der Waals surface area contributed by atoms with Crippen LogP contribution < -0.4 is 5.32 Å². The van der Waals surface area contributed by atoms with E-state index in [2.05, 4.69) is 10.4 Å². The number of nitrogens with zero attached hydrogens (tertiary/aromatic N) is 2. The Hall–Kier alpha value is -2.95. The van der Waals surface area contributed by atoms with E-state index >= 15 is 0 Å². The Morgan fingerprint density at radius 1 is 1.08 bits per heavy atom. The molecule has 0 saturated heterocycles. The van der Waals surface area contributed by atoms with Crippen molar-refractivity contribution in [2.24, 2.45) is 0 Å². The maximum Gasteiger partial charge on any atom is 0.274 e. The van der Waals surface area contributed by atoms with E-state index < -0.39 is 0 Å². The summed E-state index contributed by atoms with van der Waals surface area (Å²) in [7, 11) is 0. The molecule has 0 radical (unpaired) electrons. The number of aromatic nitrogens is 2. The van der Waals surface area contributed by atoms with Gasteiger partial charge in [0.25, 0.3) is 5.91 Å². The predicted octanol–water partition coefficient (Wildman–Crippen LogP) is 4.14. The standard InChI is InChI=1S/C19H16FN3O/c20-14-8-10-15(11-9-14)21-19(24)18-12-17(13-6-7-13)22-23(18)16-4-2-1-3-5-16/h1-5,8-13H,6-7H2,(H,21,24). The second kappa shape index (κ2) is 5.92. The molecule has 1 aliphatic rings. The average molecular weight is 321 g/mol. The number of hydrogen-bond donors (Lipinski definition) is 1. The predicted molar refractivity (Wildman–Crippen MR) is 89.9 cm³/mol. The van der Waals surface area contributed by atoms with Crippen LogP contribution in [-0.4, -0.2) is 15.7 Å². The van der Waals surface area contributed by atoms with Crippen molar-refractivity contribution >= 4 is 11.6 Å². The van der Waals surface area contributed by atoms with Crippen molar-refractivity contribution in [3.63, 3.8) is 0 Å². The monoisotopic (exact) mass is 321 g/mol. The Balaban J connectivity index is 1.68. The van der Waals surface area contributed by atoms with Crippen LogP contribution in [0.5, 0.6) is 0 Å². The molecule has 24 heavy (non-hydrogen) atoms. The number of rotatable bonds is 4. The van der Waals surface area contributed by atoms with Crippen LogP contribution in [-0.2, 0) is 0 Å². The third-order valence-electron chi connectivity index (χ3n) is 4.06. The van der Waals surface area contributed by atoms with Gasteiger partial charge >= 0.3 is 0 Å². The molecule has 0 unspecified atom stereocenters. The molecule has 0 spiro atoms. The van der Waals surface area contributed by atoms with Crippen molar-refractivity contribution in [1.29, 1.82) is 0 Å². The summed E-state index contributed by atoms with van der Waals surface area (Å²) in [4.78, 5) is 12.7. The maximum atomic E-state index is 13.0. The van der Waals surface area contributed by atoms with Crippen LogP contribution in [0.15, 0.2) is 60.7 Å². The largest absolute Gasteiger partial charge is 0.321 e. The zero-order valence-corrected chi connectivity index (χ0v) is 12.9. The van der Waals surface area contributed by atoms with Crippen molar-refractivity contribution in [1.82, 2.24) is 9.78 Å². The SMILES string of the molecule is O=C(Nc1ccc(F)cc1)c1cc(C2CC2)nn1-c1ccccc1.